The molecular formula is C10H6ClN3S. The monoisotopic (exact) mass is 235 g/mol. The molecule has 0 bridgehead atoms. The first-order chi connectivity index (χ1) is 7.34. The van der Waals surface area contributed by atoms with Gasteiger partial charge in [-0.1, -0.05) is 35.1 Å². The van der Waals surface area contributed by atoms with Crippen molar-refractivity contribution in [3.8, 4) is 11.3 Å². The molecular weight excluding hydrogens is 230 g/mol. The van der Waals surface area contributed by atoms with Crippen molar-refractivity contribution < 1.29 is 0 Å². The van der Waals surface area contributed by atoms with Crippen molar-refractivity contribution in [3.63, 3.8) is 0 Å². The fourth-order valence-electron chi connectivity index (χ4n) is 1.46. The van der Waals surface area contributed by atoms with Crippen LogP contribution in [-0.2, 0) is 0 Å². The van der Waals surface area contributed by atoms with Gasteiger partial charge in [0, 0.05) is 10.6 Å². The molecule has 15 heavy (non-hydrogen) atoms. The van der Waals surface area contributed by atoms with E-state index < -0.39 is 0 Å². The van der Waals surface area contributed by atoms with E-state index in [9.17, 15) is 0 Å². The zero-order valence-corrected chi connectivity index (χ0v) is 9.16. The molecule has 0 spiro atoms. The quantitative estimate of drug-likeness (QED) is 0.649. The predicted molar refractivity (Wildman–Crippen MR) is 61.3 cm³/mol. The van der Waals surface area contributed by atoms with Crippen molar-refractivity contribution in [2.24, 2.45) is 0 Å². The minimum atomic E-state index is 0.734. The Balaban J connectivity index is 2.21. The Bertz CT molecular complexity index is 596. The van der Waals surface area contributed by atoms with Gasteiger partial charge in [0.1, 0.15) is 5.51 Å². The summed E-state index contributed by atoms with van der Waals surface area (Å²) in [6.07, 6.45) is 1.82. The molecule has 3 nitrogen and oxygen atoms in total. The summed E-state index contributed by atoms with van der Waals surface area (Å²) < 4.78 is 1.83. The zero-order chi connectivity index (χ0) is 10.3. The number of aromatic nitrogens is 3. The van der Waals surface area contributed by atoms with Crippen molar-refractivity contribution in [2.45, 2.75) is 0 Å². The summed E-state index contributed by atoms with van der Waals surface area (Å²) in [5.41, 5.74) is 3.84. The lowest BCUT2D eigenvalue weighted by atomic mass is 10.2. The van der Waals surface area contributed by atoms with Crippen molar-refractivity contribution in [2.75, 3.05) is 0 Å². The molecule has 0 aliphatic carbocycles. The van der Waals surface area contributed by atoms with Gasteiger partial charge in [0.15, 0.2) is 0 Å². The summed E-state index contributed by atoms with van der Waals surface area (Å²) in [6, 6.07) is 7.65. The minimum Gasteiger partial charge on any atom is -0.225 e. The largest absolute Gasteiger partial charge is 0.225 e. The maximum absolute atomic E-state index is 5.83. The van der Waals surface area contributed by atoms with E-state index in [4.69, 9.17) is 11.6 Å². The molecule has 1 aromatic carbocycles. The normalized spacial score (nSPS) is 11.0. The Hall–Kier alpha value is -1.39. The maximum Gasteiger partial charge on any atom is 0.212 e. The second kappa shape index (κ2) is 3.32. The van der Waals surface area contributed by atoms with Gasteiger partial charge in [-0.25, -0.2) is 9.50 Å². The third-order valence-electron chi connectivity index (χ3n) is 2.17. The number of fused-ring (bicyclic) bond motifs is 1. The van der Waals surface area contributed by atoms with E-state index in [1.807, 2.05) is 35.0 Å². The first-order valence-electron chi connectivity index (χ1n) is 4.38. The lowest BCUT2D eigenvalue weighted by Crippen LogP contribution is -1.86. The second-order valence-corrected chi connectivity index (χ2v) is 4.33. The number of rotatable bonds is 1. The Morgan fingerprint density at radius 3 is 2.80 bits per heavy atom. The van der Waals surface area contributed by atoms with Gasteiger partial charge in [-0.2, -0.15) is 5.10 Å². The fraction of sp³-hybridized carbons (Fsp3) is 0. The van der Waals surface area contributed by atoms with E-state index >= 15 is 0 Å². The maximum atomic E-state index is 5.83. The Morgan fingerprint density at radius 2 is 2.00 bits per heavy atom. The molecule has 0 saturated carbocycles. The minimum absolute atomic E-state index is 0.734. The number of benzene rings is 1. The van der Waals surface area contributed by atoms with Gasteiger partial charge in [0.25, 0.3) is 0 Å². The number of nitrogens with zero attached hydrogens (tertiary/aromatic N) is 3. The van der Waals surface area contributed by atoms with Gasteiger partial charge >= 0.3 is 0 Å². The predicted octanol–water partition coefficient (Wildman–Crippen LogP) is 3.11. The molecule has 0 unspecified atom stereocenters. The van der Waals surface area contributed by atoms with Crippen LogP contribution >= 0.6 is 22.9 Å². The van der Waals surface area contributed by atoms with Crippen LogP contribution < -0.4 is 0 Å². The van der Waals surface area contributed by atoms with E-state index in [0.717, 1.165) is 21.2 Å². The summed E-state index contributed by atoms with van der Waals surface area (Å²) in [6.45, 7) is 0. The van der Waals surface area contributed by atoms with Crippen LogP contribution in [0.1, 0.15) is 0 Å². The summed E-state index contributed by atoms with van der Waals surface area (Å²) >= 11 is 7.35. The third-order valence-corrected chi connectivity index (χ3v) is 3.11. The molecule has 2 heterocycles. The number of imidazole rings is 1. The van der Waals surface area contributed by atoms with E-state index in [1.54, 1.807) is 5.51 Å². The highest BCUT2D eigenvalue weighted by Crippen LogP contribution is 2.23. The van der Waals surface area contributed by atoms with Gasteiger partial charge in [-0.3, -0.25) is 0 Å². The molecule has 74 valence electrons. The molecule has 3 rings (SSSR count). The van der Waals surface area contributed by atoms with Crippen LogP contribution in [0.2, 0.25) is 5.02 Å². The van der Waals surface area contributed by atoms with Crippen LogP contribution in [0, 0.1) is 0 Å². The summed E-state index contributed by atoms with van der Waals surface area (Å²) in [5.74, 6) is 0. The molecule has 0 N–H and O–H groups in total. The van der Waals surface area contributed by atoms with Gasteiger partial charge in [0.05, 0.1) is 11.9 Å². The molecule has 0 saturated heterocycles. The van der Waals surface area contributed by atoms with E-state index in [-0.39, 0.29) is 0 Å². The van der Waals surface area contributed by atoms with Crippen molar-refractivity contribution in [1.82, 2.24) is 14.6 Å². The van der Waals surface area contributed by atoms with E-state index in [0.29, 0.717) is 0 Å². The second-order valence-electron chi connectivity index (χ2n) is 3.08. The summed E-state index contributed by atoms with van der Waals surface area (Å²) in [5, 5.41) is 4.95. The lowest BCUT2D eigenvalue weighted by molar-refractivity contribution is 0.981. The Kier molecular flexibility index (Phi) is 1.97. The summed E-state index contributed by atoms with van der Waals surface area (Å²) in [7, 11) is 0. The molecule has 0 fully saturated rings. The smallest absolute Gasteiger partial charge is 0.212 e. The van der Waals surface area contributed by atoms with Gasteiger partial charge in [-0.05, 0) is 12.1 Å². The third kappa shape index (κ3) is 1.42. The molecule has 0 aliphatic rings. The van der Waals surface area contributed by atoms with Crippen LogP contribution in [0.3, 0.4) is 0 Å². The highest BCUT2D eigenvalue weighted by Gasteiger charge is 2.06. The van der Waals surface area contributed by atoms with Crippen LogP contribution in [0.4, 0.5) is 0 Å². The number of halogens is 1. The van der Waals surface area contributed by atoms with Crippen LogP contribution in [0.5, 0.6) is 0 Å². The first-order valence-corrected chi connectivity index (χ1v) is 5.63. The SMILES string of the molecule is Clc1ccc(-c2cnc3scnn23)cc1. The molecule has 0 aliphatic heterocycles. The average Bonchev–Trinajstić information content (AvgIpc) is 2.80. The van der Waals surface area contributed by atoms with Crippen molar-refractivity contribution in [1.29, 1.82) is 0 Å². The van der Waals surface area contributed by atoms with Gasteiger partial charge in [-0.15, -0.1) is 0 Å². The van der Waals surface area contributed by atoms with Crippen molar-refractivity contribution in [3.05, 3.63) is 41.0 Å². The van der Waals surface area contributed by atoms with Gasteiger partial charge < -0.3 is 0 Å². The average molecular weight is 236 g/mol. The van der Waals surface area contributed by atoms with E-state index in [1.165, 1.54) is 11.3 Å². The standard InChI is InChI=1S/C10H6ClN3S/c11-8-3-1-7(2-4-8)9-5-12-10-14(9)13-6-15-10/h1-6H. The molecule has 2 aromatic heterocycles. The van der Waals surface area contributed by atoms with Crippen LogP contribution in [-0.4, -0.2) is 14.6 Å². The van der Waals surface area contributed by atoms with Crippen LogP contribution in [0.15, 0.2) is 36.0 Å². The number of hydrogen-bond acceptors (Lipinski definition) is 3. The van der Waals surface area contributed by atoms with Crippen molar-refractivity contribution >= 4 is 27.9 Å². The summed E-state index contributed by atoms with van der Waals surface area (Å²) in [4.78, 5) is 5.17. The lowest BCUT2D eigenvalue weighted by Gasteiger charge is -1.97. The fourth-order valence-corrected chi connectivity index (χ4v) is 2.18. The topological polar surface area (TPSA) is 30.2 Å². The van der Waals surface area contributed by atoms with Crippen LogP contribution in [0.25, 0.3) is 16.2 Å². The zero-order valence-electron chi connectivity index (χ0n) is 7.59. The molecule has 0 amide bonds. The highest BCUT2D eigenvalue weighted by atomic mass is 35.5. The molecule has 0 atom stereocenters. The molecule has 0 radical (unpaired) electrons. The van der Waals surface area contributed by atoms with E-state index in [2.05, 4.69) is 10.1 Å². The molecule has 5 heteroatoms. The highest BCUT2D eigenvalue weighted by molar-refractivity contribution is 7.14. The van der Waals surface area contributed by atoms with Gasteiger partial charge in [0.2, 0.25) is 4.96 Å². The Labute approximate surface area is 95.0 Å². The first kappa shape index (κ1) is 8.88. The Morgan fingerprint density at radius 1 is 1.20 bits per heavy atom. The number of hydrogen-bond donors (Lipinski definition) is 0. The molecule has 3 aromatic rings.